The van der Waals surface area contributed by atoms with Crippen molar-refractivity contribution in [2.24, 2.45) is 0 Å². The van der Waals surface area contributed by atoms with Crippen LogP contribution in [0.25, 0.3) is 5.57 Å². The summed E-state index contributed by atoms with van der Waals surface area (Å²) < 4.78 is 21.6. The van der Waals surface area contributed by atoms with Crippen molar-refractivity contribution in [2.45, 2.75) is 26.4 Å². The Hall–Kier alpha value is -4.26. The van der Waals surface area contributed by atoms with Gasteiger partial charge >= 0.3 is 0 Å². The molecule has 0 spiro atoms. The maximum absolute atomic E-state index is 13.6. The highest BCUT2D eigenvalue weighted by atomic mass is 16.7. The zero-order valence-electron chi connectivity index (χ0n) is 19.7. The molecule has 1 heterocycles. The molecule has 7 heteroatoms. The van der Waals surface area contributed by atoms with Gasteiger partial charge in [-0.15, -0.1) is 0 Å². The quantitative estimate of drug-likeness (QED) is 0.344. The van der Waals surface area contributed by atoms with E-state index in [0.29, 0.717) is 34.1 Å². The lowest BCUT2D eigenvalue weighted by Gasteiger charge is -2.18. The molecule has 1 aliphatic heterocycles. The number of hydrogen-bond donors (Lipinski definition) is 0. The highest BCUT2D eigenvalue weighted by Crippen LogP contribution is 2.36. The second-order valence-electron chi connectivity index (χ2n) is 8.25. The number of carboxylic acids is 1. The fourth-order valence-corrected chi connectivity index (χ4v) is 3.83. The number of Topliss-reactive ketones (excluding diaryl/α,β-unsaturated/α-hetero) is 1. The first-order valence-electron chi connectivity index (χ1n) is 11.1. The van der Waals surface area contributed by atoms with Gasteiger partial charge in [0.05, 0.1) is 19.2 Å². The van der Waals surface area contributed by atoms with Crippen LogP contribution >= 0.6 is 0 Å². The maximum Gasteiger partial charge on any atom is 0.231 e. The SMILES string of the molecule is COc1ccc(C(=O)/C(Cc2ccc(OC(C)C)cc2)=C(\C(=O)[O-])c2ccc3c(c2)OCO3)cc1. The molecule has 35 heavy (non-hydrogen) atoms. The molecule has 3 aromatic rings. The van der Waals surface area contributed by atoms with E-state index in [0.717, 1.165) is 5.56 Å². The van der Waals surface area contributed by atoms with Crippen molar-refractivity contribution in [2.75, 3.05) is 13.9 Å². The van der Waals surface area contributed by atoms with Gasteiger partial charge in [-0.2, -0.15) is 0 Å². The van der Waals surface area contributed by atoms with Crippen LogP contribution in [0.5, 0.6) is 23.0 Å². The third-order valence-corrected chi connectivity index (χ3v) is 5.47. The Balaban J connectivity index is 1.80. The van der Waals surface area contributed by atoms with Gasteiger partial charge in [0.15, 0.2) is 17.3 Å². The van der Waals surface area contributed by atoms with Crippen molar-refractivity contribution in [3.05, 3.63) is 89.0 Å². The van der Waals surface area contributed by atoms with E-state index >= 15 is 0 Å². The monoisotopic (exact) mass is 473 g/mol. The maximum atomic E-state index is 13.6. The summed E-state index contributed by atoms with van der Waals surface area (Å²) in [6.07, 6.45) is 0.0913. The summed E-state index contributed by atoms with van der Waals surface area (Å²) >= 11 is 0. The van der Waals surface area contributed by atoms with Crippen LogP contribution in [-0.2, 0) is 11.2 Å². The first-order chi connectivity index (χ1) is 16.9. The minimum atomic E-state index is -1.46. The van der Waals surface area contributed by atoms with E-state index in [1.54, 1.807) is 54.6 Å². The Morgan fingerprint density at radius 2 is 1.51 bits per heavy atom. The number of fused-ring (bicyclic) bond motifs is 1. The average Bonchev–Trinajstić information content (AvgIpc) is 3.32. The third-order valence-electron chi connectivity index (χ3n) is 5.47. The van der Waals surface area contributed by atoms with Crippen molar-refractivity contribution in [3.8, 4) is 23.0 Å². The molecule has 3 aromatic carbocycles. The Labute approximate surface area is 203 Å². The summed E-state index contributed by atoms with van der Waals surface area (Å²) in [6.45, 7) is 3.91. The van der Waals surface area contributed by atoms with Crippen molar-refractivity contribution in [3.63, 3.8) is 0 Å². The number of aliphatic carboxylic acids is 1. The van der Waals surface area contributed by atoms with Gasteiger partial charge in [-0.05, 0) is 73.5 Å². The number of hydrogen-bond acceptors (Lipinski definition) is 7. The van der Waals surface area contributed by atoms with Crippen LogP contribution < -0.4 is 24.1 Å². The van der Waals surface area contributed by atoms with Crippen LogP contribution in [0.2, 0.25) is 0 Å². The molecule has 0 aliphatic carbocycles. The molecule has 4 rings (SSSR count). The van der Waals surface area contributed by atoms with E-state index in [4.69, 9.17) is 18.9 Å². The van der Waals surface area contributed by atoms with Gasteiger partial charge in [0.25, 0.3) is 0 Å². The predicted octanol–water partition coefficient (Wildman–Crippen LogP) is 3.84. The number of carbonyl (C=O) groups is 2. The summed E-state index contributed by atoms with van der Waals surface area (Å²) in [6, 6.07) is 18.5. The second kappa shape index (κ2) is 10.3. The van der Waals surface area contributed by atoms with E-state index in [1.165, 1.54) is 7.11 Å². The van der Waals surface area contributed by atoms with E-state index in [1.807, 2.05) is 26.0 Å². The van der Waals surface area contributed by atoms with Gasteiger partial charge < -0.3 is 28.8 Å². The third kappa shape index (κ3) is 5.46. The number of allylic oxidation sites excluding steroid dienone is 1. The minimum absolute atomic E-state index is 0.0173. The first-order valence-corrected chi connectivity index (χ1v) is 11.1. The lowest BCUT2D eigenvalue weighted by molar-refractivity contribution is -0.295. The summed E-state index contributed by atoms with van der Waals surface area (Å²) in [5.74, 6) is 0.311. The topological polar surface area (TPSA) is 94.1 Å². The van der Waals surface area contributed by atoms with Crippen molar-refractivity contribution in [1.82, 2.24) is 0 Å². The van der Waals surface area contributed by atoms with Crippen LogP contribution in [-0.4, -0.2) is 31.8 Å². The van der Waals surface area contributed by atoms with Gasteiger partial charge in [0.2, 0.25) is 6.79 Å². The molecule has 0 N–H and O–H groups in total. The molecule has 0 aromatic heterocycles. The number of ether oxygens (including phenoxy) is 4. The van der Waals surface area contributed by atoms with Gasteiger partial charge in [0, 0.05) is 23.1 Å². The number of carbonyl (C=O) groups excluding carboxylic acids is 2. The summed E-state index contributed by atoms with van der Waals surface area (Å²) in [7, 11) is 1.53. The Kier molecular flexibility index (Phi) is 7.06. The fourth-order valence-electron chi connectivity index (χ4n) is 3.83. The van der Waals surface area contributed by atoms with Crippen LogP contribution in [0, 0.1) is 0 Å². The Morgan fingerprint density at radius 3 is 2.14 bits per heavy atom. The zero-order valence-corrected chi connectivity index (χ0v) is 19.7. The summed E-state index contributed by atoms with van der Waals surface area (Å²) in [4.78, 5) is 26.1. The van der Waals surface area contributed by atoms with Crippen molar-refractivity contribution < 1.29 is 33.6 Å². The van der Waals surface area contributed by atoms with Gasteiger partial charge in [-0.1, -0.05) is 18.2 Å². The first kappa shape index (κ1) is 23.9. The highest BCUT2D eigenvalue weighted by Gasteiger charge is 2.22. The number of ketones is 1. The van der Waals surface area contributed by atoms with Gasteiger partial charge in [0.1, 0.15) is 11.5 Å². The predicted molar refractivity (Wildman–Crippen MR) is 128 cm³/mol. The normalized spacial score (nSPS) is 12.8. The van der Waals surface area contributed by atoms with Gasteiger partial charge in [-0.3, -0.25) is 4.79 Å². The second-order valence-corrected chi connectivity index (χ2v) is 8.25. The molecule has 0 saturated heterocycles. The van der Waals surface area contributed by atoms with E-state index in [9.17, 15) is 14.7 Å². The van der Waals surface area contributed by atoms with Crippen LogP contribution in [0.1, 0.15) is 35.3 Å². The minimum Gasteiger partial charge on any atom is -0.545 e. The Bertz CT molecular complexity index is 1260. The standard InChI is InChI=1S/C28H26O7/c1-17(2)35-22-9-4-18(5-10-22)14-23(27(29)19-6-11-21(32-3)12-7-19)26(28(30)31)20-8-13-24-25(15-20)34-16-33-24/h4-13,15,17H,14,16H2,1-3H3,(H,30,31)/p-1/b26-23-. The highest BCUT2D eigenvalue weighted by molar-refractivity contribution is 6.25. The van der Waals surface area contributed by atoms with E-state index in [-0.39, 0.29) is 30.5 Å². The molecule has 1 aliphatic rings. The lowest BCUT2D eigenvalue weighted by Crippen LogP contribution is -2.27. The molecular weight excluding hydrogens is 448 g/mol. The van der Waals surface area contributed by atoms with Crippen LogP contribution in [0.15, 0.2) is 72.3 Å². The lowest BCUT2D eigenvalue weighted by atomic mass is 9.89. The van der Waals surface area contributed by atoms with Crippen LogP contribution in [0.4, 0.5) is 0 Å². The van der Waals surface area contributed by atoms with Gasteiger partial charge in [-0.25, -0.2) is 0 Å². The number of benzene rings is 3. The molecule has 0 amide bonds. The fraction of sp³-hybridized carbons (Fsp3) is 0.214. The largest absolute Gasteiger partial charge is 0.545 e. The van der Waals surface area contributed by atoms with Crippen molar-refractivity contribution in [1.29, 1.82) is 0 Å². The van der Waals surface area contributed by atoms with E-state index < -0.39 is 11.8 Å². The Morgan fingerprint density at radius 1 is 0.886 bits per heavy atom. The summed E-state index contributed by atoms with van der Waals surface area (Å²) in [5, 5.41) is 12.4. The average molecular weight is 474 g/mol. The van der Waals surface area contributed by atoms with Crippen LogP contribution in [0.3, 0.4) is 0 Å². The molecule has 0 radical (unpaired) electrons. The smallest absolute Gasteiger partial charge is 0.231 e. The number of rotatable bonds is 9. The molecule has 0 unspecified atom stereocenters. The molecule has 0 fully saturated rings. The summed E-state index contributed by atoms with van der Waals surface area (Å²) in [5.41, 5.74) is 1.27. The number of carboxylic acid groups (broad SMARTS) is 1. The van der Waals surface area contributed by atoms with E-state index in [2.05, 4.69) is 0 Å². The molecular formula is C28H25O7-. The van der Waals surface area contributed by atoms with Crippen molar-refractivity contribution >= 4 is 17.3 Å². The molecule has 180 valence electrons. The molecule has 0 atom stereocenters. The number of methoxy groups -OCH3 is 1. The molecule has 0 bridgehead atoms. The molecule has 0 saturated carbocycles. The molecule has 7 nitrogen and oxygen atoms in total. The zero-order chi connectivity index (χ0) is 24.9.